The topological polar surface area (TPSA) is 106 Å². The molecule has 8 heteroatoms. The van der Waals surface area contributed by atoms with Crippen LogP contribution in [0.25, 0.3) is 11.0 Å². The van der Waals surface area contributed by atoms with Crippen molar-refractivity contribution in [1.82, 2.24) is 19.8 Å². The van der Waals surface area contributed by atoms with E-state index in [4.69, 9.17) is 4.99 Å². The SMILES string of the molecule is O=c1[nH]c2ccccc2n1C1CCN(CCNC2=N[C@@H]3CCc4cc(O)c(O)cc4[C@@H]3C2)CC1. The molecule has 178 valence electrons. The molecule has 3 aromatic rings. The molecule has 0 bridgehead atoms. The second-order valence-corrected chi connectivity index (χ2v) is 9.85. The summed E-state index contributed by atoms with van der Waals surface area (Å²) in [4.78, 5) is 22.9. The molecule has 2 aromatic carbocycles. The molecule has 0 amide bonds. The minimum atomic E-state index is -0.0425. The van der Waals surface area contributed by atoms with Crippen LogP contribution in [-0.2, 0) is 6.42 Å². The average molecular weight is 462 g/mol. The van der Waals surface area contributed by atoms with Crippen molar-refractivity contribution >= 4 is 16.9 Å². The summed E-state index contributed by atoms with van der Waals surface area (Å²) in [5.41, 5.74) is 4.16. The van der Waals surface area contributed by atoms with Gasteiger partial charge in [0.1, 0.15) is 0 Å². The van der Waals surface area contributed by atoms with Gasteiger partial charge in [-0.05, 0) is 61.1 Å². The first-order valence-corrected chi connectivity index (χ1v) is 12.3. The number of para-hydroxylation sites is 2. The third-order valence-corrected chi connectivity index (χ3v) is 7.85. The van der Waals surface area contributed by atoms with Crippen molar-refractivity contribution in [3.05, 3.63) is 58.0 Å². The van der Waals surface area contributed by atoms with E-state index < -0.39 is 0 Å². The Kier molecular flexibility index (Phi) is 5.32. The van der Waals surface area contributed by atoms with Crippen LogP contribution in [0.1, 0.15) is 48.8 Å². The first kappa shape index (κ1) is 21.3. The van der Waals surface area contributed by atoms with E-state index in [0.717, 1.165) is 86.3 Å². The van der Waals surface area contributed by atoms with E-state index in [2.05, 4.69) is 15.2 Å². The number of aromatic amines is 1. The van der Waals surface area contributed by atoms with Gasteiger partial charge in [-0.2, -0.15) is 0 Å². The molecule has 3 heterocycles. The summed E-state index contributed by atoms with van der Waals surface area (Å²) in [6, 6.07) is 11.8. The van der Waals surface area contributed by atoms with Gasteiger partial charge in [0.05, 0.1) is 22.9 Å². The molecule has 2 aliphatic heterocycles. The Balaban J connectivity index is 1.02. The van der Waals surface area contributed by atoms with E-state index in [1.807, 2.05) is 28.8 Å². The molecule has 0 radical (unpaired) electrons. The Labute approximate surface area is 197 Å². The molecular weight excluding hydrogens is 430 g/mol. The van der Waals surface area contributed by atoms with Crippen molar-refractivity contribution in [3.8, 4) is 11.5 Å². The lowest BCUT2D eigenvalue weighted by Gasteiger charge is -2.32. The molecule has 4 N–H and O–H groups in total. The molecule has 8 nitrogen and oxygen atoms in total. The number of aromatic nitrogens is 2. The van der Waals surface area contributed by atoms with Gasteiger partial charge in [-0.25, -0.2) is 4.79 Å². The van der Waals surface area contributed by atoms with Gasteiger partial charge < -0.3 is 25.4 Å². The molecule has 34 heavy (non-hydrogen) atoms. The second-order valence-electron chi connectivity index (χ2n) is 9.85. The summed E-state index contributed by atoms with van der Waals surface area (Å²) in [5, 5.41) is 23.3. The number of aromatic hydroxyl groups is 2. The average Bonchev–Trinajstić information content (AvgIpc) is 3.40. The summed E-state index contributed by atoms with van der Waals surface area (Å²) >= 11 is 0. The van der Waals surface area contributed by atoms with Gasteiger partial charge in [-0.3, -0.25) is 9.56 Å². The number of hydrogen-bond acceptors (Lipinski definition) is 6. The number of amidine groups is 1. The van der Waals surface area contributed by atoms with E-state index >= 15 is 0 Å². The predicted molar refractivity (Wildman–Crippen MR) is 132 cm³/mol. The standard InChI is InChI=1S/C26H31N5O3/c32-23-13-16-5-6-20-19(18(16)14-24(23)33)15-25(28-20)27-9-12-30-10-7-17(8-11-30)31-22-4-2-1-3-21(22)29-26(31)34/h1-4,13-14,17,19-20,32-33H,5-12,15H2,(H,27,28)(H,29,34)/t19-,20+/m0/s1. The lowest BCUT2D eigenvalue weighted by molar-refractivity contribution is 0.189. The molecule has 0 unspecified atom stereocenters. The Hall–Kier alpha value is -3.26. The number of imidazole rings is 1. The van der Waals surface area contributed by atoms with Crippen LogP contribution in [0.4, 0.5) is 0 Å². The fourth-order valence-corrected chi connectivity index (χ4v) is 6.09. The molecule has 2 atom stereocenters. The number of H-pyrrole nitrogens is 1. The zero-order valence-electron chi connectivity index (χ0n) is 19.2. The minimum Gasteiger partial charge on any atom is -0.504 e. The number of aryl methyl sites for hydroxylation is 1. The van der Waals surface area contributed by atoms with Crippen molar-refractivity contribution < 1.29 is 10.2 Å². The molecule has 3 aliphatic rings. The van der Waals surface area contributed by atoms with Crippen LogP contribution in [-0.4, -0.2) is 62.7 Å². The number of fused-ring (bicyclic) bond motifs is 4. The molecule has 0 saturated carbocycles. The number of nitrogens with zero attached hydrogens (tertiary/aromatic N) is 3. The first-order chi connectivity index (χ1) is 16.6. The predicted octanol–water partition coefficient (Wildman–Crippen LogP) is 2.87. The first-order valence-electron chi connectivity index (χ1n) is 12.3. The summed E-state index contributed by atoms with van der Waals surface area (Å²) in [6.07, 6.45) is 4.66. The maximum Gasteiger partial charge on any atom is 0.326 e. The van der Waals surface area contributed by atoms with Crippen LogP contribution in [0.3, 0.4) is 0 Å². The highest BCUT2D eigenvalue weighted by atomic mass is 16.3. The smallest absolute Gasteiger partial charge is 0.326 e. The van der Waals surface area contributed by atoms with E-state index in [9.17, 15) is 15.0 Å². The van der Waals surface area contributed by atoms with Crippen molar-refractivity contribution in [3.63, 3.8) is 0 Å². The van der Waals surface area contributed by atoms with Crippen LogP contribution in [0.5, 0.6) is 11.5 Å². The monoisotopic (exact) mass is 461 g/mol. The van der Waals surface area contributed by atoms with E-state index in [1.165, 1.54) is 0 Å². The fourth-order valence-electron chi connectivity index (χ4n) is 6.09. The van der Waals surface area contributed by atoms with Crippen LogP contribution in [0.15, 0.2) is 46.2 Å². The number of rotatable bonds is 4. The number of nitrogens with one attached hydrogen (secondary N) is 2. The number of likely N-dealkylation sites (tertiary alicyclic amines) is 1. The van der Waals surface area contributed by atoms with Gasteiger partial charge in [0.25, 0.3) is 0 Å². The number of piperidine rings is 1. The van der Waals surface area contributed by atoms with Crippen molar-refractivity contribution in [2.45, 2.75) is 50.1 Å². The third kappa shape index (κ3) is 3.76. The Morgan fingerprint density at radius 3 is 2.74 bits per heavy atom. The van der Waals surface area contributed by atoms with Crippen molar-refractivity contribution in [1.29, 1.82) is 0 Å². The molecule has 6 rings (SSSR count). The quantitative estimate of drug-likeness (QED) is 0.447. The van der Waals surface area contributed by atoms with E-state index in [0.29, 0.717) is 0 Å². The highest BCUT2D eigenvalue weighted by molar-refractivity contribution is 5.85. The Bertz CT molecular complexity index is 1300. The van der Waals surface area contributed by atoms with E-state index in [-0.39, 0.29) is 35.2 Å². The van der Waals surface area contributed by atoms with Crippen molar-refractivity contribution in [2.24, 2.45) is 4.99 Å². The molecule has 1 saturated heterocycles. The summed E-state index contributed by atoms with van der Waals surface area (Å²) in [7, 11) is 0. The van der Waals surface area contributed by atoms with Crippen LogP contribution >= 0.6 is 0 Å². The zero-order chi connectivity index (χ0) is 23.2. The van der Waals surface area contributed by atoms with Gasteiger partial charge in [-0.15, -0.1) is 0 Å². The molecule has 1 aliphatic carbocycles. The van der Waals surface area contributed by atoms with Gasteiger partial charge in [0, 0.05) is 44.6 Å². The van der Waals surface area contributed by atoms with Crippen LogP contribution in [0.2, 0.25) is 0 Å². The van der Waals surface area contributed by atoms with Gasteiger partial charge in [0.15, 0.2) is 11.5 Å². The Morgan fingerprint density at radius 2 is 1.88 bits per heavy atom. The summed E-state index contributed by atoms with van der Waals surface area (Å²) in [6.45, 7) is 3.76. The number of aliphatic imine (C=N–C) groups is 1. The lowest BCUT2D eigenvalue weighted by atomic mass is 9.79. The number of hydrogen-bond donors (Lipinski definition) is 4. The summed E-state index contributed by atoms with van der Waals surface area (Å²) < 4.78 is 1.94. The van der Waals surface area contributed by atoms with Crippen LogP contribution < -0.4 is 11.0 Å². The number of phenolic OH excluding ortho intramolecular Hbond substituents is 2. The van der Waals surface area contributed by atoms with E-state index in [1.54, 1.807) is 12.1 Å². The zero-order valence-corrected chi connectivity index (χ0v) is 19.2. The summed E-state index contributed by atoms with van der Waals surface area (Å²) in [5.74, 6) is 1.26. The molecular formula is C26H31N5O3. The highest BCUT2D eigenvalue weighted by Gasteiger charge is 2.35. The normalized spacial score (nSPS) is 23.0. The van der Waals surface area contributed by atoms with Gasteiger partial charge in [-0.1, -0.05) is 12.1 Å². The second kappa shape index (κ2) is 8.51. The Morgan fingerprint density at radius 1 is 1.09 bits per heavy atom. The number of phenols is 2. The van der Waals surface area contributed by atoms with Gasteiger partial charge >= 0.3 is 5.69 Å². The minimum absolute atomic E-state index is 0.00728. The maximum absolute atomic E-state index is 12.5. The van der Waals surface area contributed by atoms with Crippen molar-refractivity contribution in [2.75, 3.05) is 26.2 Å². The highest BCUT2D eigenvalue weighted by Crippen LogP contribution is 2.43. The fraction of sp³-hybridized carbons (Fsp3) is 0.462. The molecule has 1 aromatic heterocycles. The molecule has 0 spiro atoms. The third-order valence-electron chi connectivity index (χ3n) is 7.85. The largest absolute Gasteiger partial charge is 0.504 e. The maximum atomic E-state index is 12.5. The van der Waals surface area contributed by atoms with Crippen LogP contribution in [0, 0.1) is 0 Å². The molecule has 1 fully saturated rings. The lowest BCUT2D eigenvalue weighted by Crippen LogP contribution is -2.41. The number of benzene rings is 2. The van der Waals surface area contributed by atoms with Gasteiger partial charge in [0.2, 0.25) is 0 Å².